The summed E-state index contributed by atoms with van der Waals surface area (Å²) in [4.78, 5) is 25.6. The second kappa shape index (κ2) is 4.45. The van der Waals surface area contributed by atoms with Crippen LogP contribution in [0.25, 0.3) is 0 Å². The Kier molecular flexibility index (Phi) is 2.87. The van der Waals surface area contributed by atoms with Gasteiger partial charge in [-0.2, -0.15) is 0 Å². The van der Waals surface area contributed by atoms with Gasteiger partial charge in [0.05, 0.1) is 25.3 Å². The number of amides is 1. The molecule has 0 aliphatic carbocycles. The highest BCUT2D eigenvalue weighted by molar-refractivity contribution is 6.04. The van der Waals surface area contributed by atoms with Crippen LogP contribution in [-0.4, -0.2) is 36.2 Å². The molecule has 1 fully saturated rings. The van der Waals surface area contributed by atoms with Crippen molar-refractivity contribution in [1.29, 1.82) is 0 Å². The lowest BCUT2D eigenvalue weighted by atomic mass is 10.0. The molecule has 2 aliphatic heterocycles. The monoisotopic (exact) mass is 273 g/mol. The third kappa shape index (κ3) is 1.67. The number of methoxy groups -OCH3 is 1. The van der Waals surface area contributed by atoms with E-state index < -0.39 is 11.7 Å². The number of carbonyl (C=O) groups is 2. The van der Waals surface area contributed by atoms with Gasteiger partial charge in [-0.1, -0.05) is 30.3 Å². The molecule has 20 heavy (non-hydrogen) atoms. The third-order valence-electron chi connectivity index (χ3n) is 3.89. The summed E-state index contributed by atoms with van der Waals surface area (Å²) in [5.41, 5.74) is 0.206. The molecule has 0 radical (unpaired) electrons. The van der Waals surface area contributed by atoms with Gasteiger partial charge in [-0.25, -0.2) is 4.79 Å². The maximum Gasteiger partial charge on any atom is 0.338 e. The Morgan fingerprint density at radius 2 is 2.10 bits per heavy atom. The Balaban J connectivity index is 1.98. The molecular weight excluding hydrogens is 258 g/mol. The first-order chi connectivity index (χ1) is 9.58. The van der Waals surface area contributed by atoms with E-state index in [1.165, 1.54) is 13.2 Å². The average molecular weight is 273 g/mol. The minimum absolute atomic E-state index is 0.188. The van der Waals surface area contributed by atoms with Crippen LogP contribution in [0, 0.1) is 0 Å². The second-order valence-electron chi connectivity index (χ2n) is 4.98. The Hall–Kier alpha value is -2.14. The summed E-state index contributed by atoms with van der Waals surface area (Å²) in [6.07, 6.45) is 1.31. The Labute approximate surface area is 116 Å². The number of fused-ring (bicyclic) bond motifs is 1. The van der Waals surface area contributed by atoms with Crippen LogP contribution in [-0.2, 0) is 19.1 Å². The van der Waals surface area contributed by atoms with E-state index in [0.29, 0.717) is 6.61 Å². The molecule has 0 unspecified atom stereocenters. The van der Waals surface area contributed by atoms with Crippen molar-refractivity contribution in [2.45, 2.75) is 18.7 Å². The normalized spacial score (nSPS) is 28.3. The molecule has 0 bridgehead atoms. The molecule has 1 saturated heterocycles. The quantitative estimate of drug-likeness (QED) is 0.765. The van der Waals surface area contributed by atoms with Crippen LogP contribution in [0.15, 0.2) is 42.0 Å². The van der Waals surface area contributed by atoms with Crippen molar-refractivity contribution in [2.75, 3.05) is 13.7 Å². The molecule has 2 heterocycles. The van der Waals surface area contributed by atoms with Gasteiger partial charge >= 0.3 is 5.97 Å². The number of hydrogen-bond donors (Lipinski definition) is 0. The van der Waals surface area contributed by atoms with E-state index in [2.05, 4.69) is 0 Å². The molecule has 3 rings (SSSR count). The van der Waals surface area contributed by atoms with E-state index >= 15 is 0 Å². The Bertz CT molecular complexity index is 595. The molecular formula is C15H15NO4. The van der Waals surface area contributed by atoms with Crippen molar-refractivity contribution in [3.63, 3.8) is 0 Å². The Morgan fingerprint density at radius 3 is 2.75 bits per heavy atom. The first-order valence-electron chi connectivity index (χ1n) is 6.40. The van der Waals surface area contributed by atoms with Crippen molar-refractivity contribution < 1.29 is 19.1 Å². The van der Waals surface area contributed by atoms with Crippen molar-refractivity contribution in [3.8, 4) is 0 Å². The number of esters is 1. The van der Waals surface area contributed by atoms with E-state index in [4.69, 9.17) is 9.47 Å². The molecule has 2 aliphatic rings. The summed E-state index contributed by atoms with van der Waals surface area (Å²) in [7, 11) is 1.29. The smallest absolute Gasteiger partial charge is 0.338 e. The maximum atomic E-state index is 12.2. The number of hydrogen-bond acceptors (Lipinski definition) is 4. The number of rotatable bonds is 2. The number of nitrogens with zero attached hydrogens (tertiary/aromatic N) is 1. The van der Waals surface area contributed by atoms with E-state index in [1.54, 1.807) is 11.8 Å². The van der Waals surface area contributed by atoms with Crippen LogP contribution in [0.3, 0.4) is 0 Å². The van der Waals surface area contributed by atoms with Gasteiger partial charge in [0, 0.05) is 6.08 Å². The molecule has 0 spiro atoms. The fraction of sp³-hybridized carbons (Fsp3) is 0.333. The number of carbonyl (C=O) groups excluding carboxylic acids is 2. The largest absolute Gasteiger partial charge is 0.466 e. The highest BCUT2D eigenvalue weighted by Crippen LogP contribution is 2.45. The van der Waals surface area contributed by atoms with Crippen molar-refractivity contribution >= 4 is 11.9 Å². The molecule has 104 valence electrons. The van der Waals surface area contributed by atoms with Crippen LogP contribution < -0.4 is 0 Å². The van der Waals surface area contributed by atoms with E-state index in [9.17, 15) is 9.59 Å². The molecule has 5 nitrogen and oxygen atoms in total. The van der Waals surface area contributed by atoms with Gasteiger partial charge in [0.1, 0.15) is 0 Å². The molecule has 0 aromatic heterocycles. The van der Waals surface area contributed by atoms with Crippen LogP contribution in [0.2, 0.25) is 0 Å². The fourth-order valence-electron chi connectivity index (χ4n) is 2.86. The lowest BCUT2D eigenvalue weighted by molar-refractivity contribution is -0.143. The van der Waals surface area contributed by atoms with Gasteiger partial charge in [0.2, 0.25) is 5.91 Å². The van der Waals surface area contributed by atoms with Crippen molar-refractivity contribution in [3.05, 3.63) is 47.5 Å². The van der Waals surface area contributed by atoms with Gasteiger partial charge in [-0.3, -0.25) is 9.69 Å². The van der Waals surface area contributed by atoms with E-state index in [1.807, 2.05) is 30.3 Å². The summed E-state index contributed by atoms with van der Waals surface area (Å²) >= 11 is 0. The molecule has 0 N–H and O–H groups in total. The van der Waals surface area contributed by atoms with E-state index in [0.717, 1.165) is 5.56 Å². The lowest BCUT2D eigenvalue weighted by Gasteiger charge is -2.31. The van der Waals surface area contributed by atoms with Crippen LogP contribution in [0.1, 0.15) is 18.5 Å². The van der Waals surface area contributed by atoms with Crippen LogP contribution in [0.4, 0.5) is 0 Å². The van der Waals surface area contributed by atoms with Gasteiger partial charge in [0.25, 0.3) is 0 Å². The minimum atomic E-state index is -1.04. The van der Waals surface area contributed by atoms with Crippen molar-refractivity contribution in [2.24, 2.45) is 0 Å². The van der Waals surface area contributed by atoms with Gasteiger partial charge in [0.15, 0.2) is 5.72 Å². The summed E-state index contributed by atoms with van der Waals surface area (Å²) in [5.74, 6) is -0.753. The molecule has 2 atom stereocenters. The summed E-state index contributed by atoms with van der Waals surface area (Å²) < 4.78 is 10.5. The zero-order chi connectivity index (χ0) is 14.3. The van der Waals surface area contributed by atoms with Crippen LogP contribution in [0.5, 0.6) is 0 Å². The highest BCUT2D eigenvalue weighted by Gasteiger charge is 2.55. The van der Waals surface area contributed by atoms with Gasteiger partial charge < -0.3 is 9.47 Å². The standard InChI is InChI=1S/C15H15NO4/c1-15-11(14(18)19-2)8-13(17)16(15)12(9-20-15)10-6-4-3-5-7-10/h3-8,12H,9H2,1-2H3/t12-,15-/m0/s1. The summed E-state index contributed by atoms with van der Waals surface area (Å²) in [6, 6.07) is 9.46. The lowest BCUT2D eigenvalue weighted by Crippen LogP contribution is -2.44. The topological polar surface area (TPSA) is 55.8 Å². The first-order valence-corrected chi connectivity index (χ1v) is 6.40. The summed E-state index contributed by atoms with van der Waals surface area (Å²) in [5, 5.41) is 0. The zero-order valence-electron chi connectivity index (χ0n) is 11.3. The predicted octanol–water partition coefficient (Wildman–Crippen LogP) is 1.42. The van der Waals surface area contributed by atoms with Gasteiger partial charge in [-0.05, 0) is 12.5 Å². The zero-order valence-corrected chi connectivity index (χ0v) is 11.3. The van der Waals surface area contributed by atoms with Crippen LogP contribution >= 0.6 is 0 Å². The molecule has 0 saturated carbocycles. The molecule has 1 aromatic rings. The average Bonchev–Trinajstić information content (AvgIpc) is 2.94. The number of ether oxygens (including phenoxy) is 2. The summed E-state index contributed by atoms with van der Waals surface area (Å²) in [6.45, 7) is 2.09. The molecule has 1 aromatic carbocycles. The second-order valence-corrected chi connectivity index (χ2v) is 4.98. The number of benzene rings is 1. The highest BCUT2D eigenvalue weighted by atomic mass is 16.5. The first kappa shape index (κ1) is 12.9. The maximum absolute atomic E-state index is 12.2. The molecule has 1 amide bonds. The SMILES string of the molecule is COC(=O)C1=CC(=O)N2[C@H](c3ccccc3)CO[C@@]12C. The fourth-order valence-corrected chi connectivity index (χ4v) is 2.86. The van der Waals surface area contributed by atoms with E-state index in [-0.39, 0.29) is 17.5 Å². The minimum Gasteiger partial charge on any atom is -0.466 e. The molecule has 5 heteroatoms. The third-order valence-corrected chi connectivity index (χ3v) is 3.89. The van der Waals surface area contributed by atoms with Gasteiger partial charge in [-0.15, -0.1) is 0 Å². The van der Waals surface area contributed by atoms with Crippen molar-refractivity contribution in [1.82, 2.24) is 4.90 Å². The predicted molar refractivity (Wildman–Crippen MR) is 70.5 cm³/mol. The Morgan fingerprint density at radius 1 is 1.40 bits per heavy atom.